The zero-order valence-corrected chi connectivity index (χ0v) is 27.2. The first-order valence-electron chi connectivity index (χ1n) is 16.0. The molecule has 2 heterocycles. The summed E-state index contributed by atoms with van der Waals surface area (Å²) in [6.45, 7) is 10.1. The molecule has 3 aromatic carbocycles. The van der Waals surface area contributed by atoms with Crippen molar-refractivity contribution >= 4 is 22.8 Å². The van der Waals surface area contributed by atoms with Crippen molar-refractivity contribution in [2.75, 3.05) is 59.5 Å². The van der Waals surface area contributed by atoms with Crippen LogP contribution in [0.2, 0.25) is 0 Å². The lowest BCUT2D eigenvalue weighted by Crippen LogP contribution is -2.67. The van der Waals surface area contributed by atoms with Crippen LogP contribution in [0.15, 0.2) is 60.7 Å². The highest BCUT2D eigenvalue weighted by Gasteiger charge is 2.39. The molecule has 9 nitrogen and oxygen atoms in total. The summed E-state index contributed by atoms with van der Waals surface area (Å²) in [5.41, 5.74) is 1.33. The molecule has 3 aromatic rings. The molecule has 2 aliphatic rings. The number of carbonyl (C=O) groups is 2. The van der Waals surface area contributed by atoms with E-state index in [1.807, 2.05) is 45.0 Å². The molecular formula is C36H44FN5O4. The van der Waals surface area contributed by atoms with E-state index in [1.165, 1.54) is 12.1 Å². The van der Waals surface area contributed by atoms with Gasteiger partial charge in [0, 0.05) is 63.8 Å². The number of piperazine rings is 1. The van der Waals surface area contributed by atoms with E-state index < -0.39 is 5.60 Å². The van der Waals surface area contributed by atoms with Crippen LogP contribution in [-0.4, -0.2) is 114 Å². The highest BCUT2D eigenvalue weighted by atomic mass is 19.1. The van der Waals surface area contributed by atoms with E-state index in [1.54, 1.807) is 41.1 Å². The third-order valence-corrected chi connectivity index (χ3v) is 9.00. The summed E-state index contributed by atoms with van der Waals surface area (Å²) in [5, 5.41) is 21.3. The molecule has 2 saturated heterocycles. The van der Waals surface area contributed by atoms with Gasteiger partial charge in [0.25, 0.3) is 5.91 Å². The molecule has 0 radical (unpaired) electrons. The van der Waals surface area contributed by atoms with Gasteiger partial charge in [-0.05, 0) is 74.3 Å². The second kappa shape index (κ2) is 14.2. The molecule has 0 aromatic heterocycles. The predicted octanol–water partition coefficient (Wildman–Crippen LogP) is 4.69. The summed E-state index contributed by atoms with van der Waals surface area (Å²) in [4.78, 5) is 34.4. The van der Waals surface area contributed by atoms with Crippen LogP contribution >= 0.6 is 0 Å². The Labute approximate surface area is 270 Å². The number of likely N-dealkylation sites (tertiary alicyclic amines) is 1. The van der Waals surface area contributed by atoms with Gasteiger partial charge in [0.2, 0.25) is 0 Å². The number of halogens is 1. The van der Waals surface area contributed by atoms with Gasteiger partial charge in [0.05, 0.1) is 24.3 Å². The summed E-state index contributed by atoms with van der Waals surface area (Å²) in [7, 11) is 1.78. The Hall–Kier alpha value is -4.04. The van der Waals surface area contributed by atoms with Crippen LogP contribution in [0.1, 0.15) is 54.6 Å². The van der Waals surface area contributed by atoms with Gasteiger partial charge in [-0.25, -0.2) is 9.18 Å². The quantitative estimate of drug-likeness (QED) is 0.367. The molecule has 2 fully saturated rings. The number of hydrogen-bond acceptors (Lipinski definition) is 7. The number of rotatable bonds is 9. The molecule has 1 N–H and O–H groups in total. The maximum absolute atomic E-state index is 13.8. The lowest BCUT2D eigenvalue weighted by molar-refractivity contribution is -0.0499. The first-order chi connectivity index (χ1) is 22.0. The number of aliphatic hydroxyl groups is 1. The van der Waals surface area contributed by atoms with Crippen molar-refractivity contribution in [1.82, 2.24) is 19.6 Å². The Morgan fingerprint density at radius 2 is 1.80 bits per heavy atom. The van der Waals surface area contributed by atoms with Crippen molar-refractivity contribution in [2.45, 2.75) is 50.8 Å². The third kappa shape index (κ3) is 7.84. The average Bonchev–Trinajstić information content (AvgIpc) is 3.02. The number of aliphatic hydroxyl groups excluding tert-OH is 1. The summed E-state index contributed by atoms with van der Waals surface area (Å²) < 4.78 is 19.4. The third-order valence-electron chi connectivity index (χ3n) is 9.00. The van der Waals surface area contributed by atoms with Gasteiger partial charge in [-0.2, -0.15) is 5.26 Å². The van der Waals surface area contributed by atoms with Crippen molar-refractivity contribution in [3.63, 3.8) is 0 Å². The summed E-state index contributed by atoms with van der Waals surface area (Å²) >= 11 is 0. The van der Waals surface area contributed by atoms with Crippen LogP contribution in [0.3, 0.4) is 0 Å². The summed E-state index contributed by atoms with van der Waals surface area (Å²) in [6, 6.07) is 19.8. The molecule has 2 unspecified atom stereocenters. The van der Waals surface area contributed by atoms with Gasteiger partial charge in [-0.3, -0.25) is 9.69 Å². The van der Waals surface area contributed by atoms with Crippen molar-refractivity contribution in [3.8, 4) is 6.07 Å². The normalized spacial score (nSPS) is 18.5. The number of likely N-dealkylation sites (N-methyl/N-ethyl adjacent to an activating group) is 1. The zero-order chi connectivity index (χ0) is 33.0. The first-order valence-corrected chi connectivity index (χ1v) is 16.0. The van der Waals surface area contributed by atoms with E-state index in [0.717, 1.165) is 42.4 Å². The minimum atomic E-state index is -0.567. The SMILES string of the molecule is CN(CC(CCN1CC(N2CCN(C(=O)OC(C)(C)C)CC2CO)C1)c1ccc(F)cc1)C(=O)c1cc(C#N)cc2ccccc12. The molecule has 2 aliphatic heterocycles. The Morgan fingerprint density at radius 3 is 2.48 bits per heavy atom. The number of carbonyl (C=O) groups excluding carboxylic acids is 2. The van der Waals surface area contributed by atoms with Crippen molar-refractivity contribution in [2.24, 2.45) is 0 Å². The summed E-state index contributed by atoms with van der Waals surface area (Å²) in [5.74, 6) is -0.492. The molecule has 0 spiro atoms. The van der Waals surface area contributed by atoms with Crippen molar-refractivity contribution in [3.05, 3.63) is 83.2 Å². The molecular weight excluding hydrogens is 585 g/mol. The van der Waals surface area contributed by atoms with Crippen LogP contribution in [0, 0.1) is 17.1 Å². The number of nitriles is 1. The lowest BCUT2D eigenvalue weighted by Gasteiger charge is -2.51. The van der Waals surface area contributed by atoms with Crippen LogP contribution in [-0.2, 0) is 4.74 Å². The number of fused-ring (bicyclic) bond motifs is 1. The Morgan fingerprint density at radius 1 is 1.09 bits per heavy atom. The predicted molar refractivity (Wildman–Crippen MR) is 175 cm³/mol. The second-order valence-electron chi connectivity index (χ2n) is 13.5. The molecule has 0 bridgehead atoms. The molecule has 46 heavy (non-hydrogen) atoms. The van der Waals surface area contributed by atoms with Gasteiger partial charge < -0.3 is 24.5 Å². The van der Waals surface area contributed by atoms with Crippen molar-refractivity contribution < 1.29 is 23.8 Å². The Balaban J connectivity index is 1.21. The number of nitrogens with zero attached hydrogens (tertiary/aromatic N) is 5. The highest BCUT2D eigenvalue weighted by Crippen LogP contribution is 2.28. The first kappa shape index (κ1) is 33.3. The van der Waals surface area contributed by atoms with Gasteiger partial charge in [-0.1, -0.05) is 36.4 Å². The zero-order valence-electron chi connectivity index (χ0n) is 27.2. The van der Waals surface area contributed by atoms with E-state index in [0.29, 0.717) is 37.3 Å². The van der Waals surface area contributed by atoms with E-state index in [-0.39, 0.29) is 42.4 Å². The largest absolute Gasteiger partial charge is 0.444 e. The minimum Gasteiger partial charge on any atom is -0.444 e. The fraction of sp³-hybridized carbons (Fsp3) is 0.472. The maximum atomic E-state index is 13.8. The number of amides is 2. The van der Waals surface area contributed by atoms with E-state index in [2.05, 4.69) is 15.9 Å². The monoisotopic (exact) mass is 629 g/mol. The van der Waals surface area contributed by atoms with Crippen LogP contribution < -0.4 is 0 Å². The minimum absolute atomic E-state index is 0.0263. The number of ether oxygens (including phenoxy) is 1. The molecule has 2 amide bonds. The van der Waals surface area contributed by atoms with Crippen molar-refractivity contribution in [1.29, 1.82) is 5.26 Å². The topological polar surface area (TPSA) is 100 Å². The average molecular weight is 630 g/mol. The van der Waals surface area contributed by atoms with Gasteiger partial charge >= 0.3 is 6.09 Å². The maximum Gasteiger partial charge on any atom is 0.410 e. The molecule has 10 heteroatoms. The van der Waals surface area contributed by atoms with E-state index in [4.69, 9.17) is 4.74 Å². The molecule has 0 saturated carbocycles. The van der Waals surface area contributed by atoms with Gasteiger partial charge in [-0.15, -0.1) is 0 Å². The van der Waals surface area contributed by atoms with Crippen LogP contribution in [0.25, 0.3) is 10.8 Å². The Bertz CT molecular complexity index is 1580. The molecule has 5 rings (SSSR count). The van der Waals surface area contributed by atoms with Gasteiger partial charge in [0.15, 0.2) is 0 Å². The van der Waals surface area contributed by atoms with Crippen LogP contribution in [0.5, 0.6) is 0 Å². The number of benzene rings is 3. The molecule has 2 atom stereocenters. The molecule has 244 valence electrons. The highest BCUT2D eigenvalue weighted by molar-refractivity contribution is 6.07. The fourth-order valence-electron chi connectivity index (χ4n) is 6.55. The van der Waals surface area contributed by atoms with E-state index >= 15 is 0 Å². The Kier molecular flexibility index (Phi) is 10.3. The fourth-order valence-corrected chi connectivity index (χ4v) is 6.55. The molecule has 0 aliphatic carbocycles. The summed E-state index contributed by atoms with van der Waals surface area (Å²) in [6.07, 6.45) is 0.423. The standard InChI is InChI=1S/C36H44FN5O4/c1-36(2,3)46-35(45)41-15-16-42(31(23-41)24-43)30-21-40(22-30)14-13-28(26-9-11-29(37)12-10-26)20-39(4)34(44)33-18-25(19-38)17-27-7-5-6-8-32(27)33/h5-12,17-18,28,30-31,43H,13-16,20-24H2,1-4H3. The van der Waals surface area contributed by atoms with Crippen LogP contribution in [0.4, 0.5) is 9.18 Å². The van der Waals surface area contributed by atoms with Gasteiger partial charge in [0.1, 0.15) is 11.4 Å². The van der Waals surface area contributed by atoms with E-state index in [9.17, 15) is 24.3 Å². The number of hydrogen-bond donors (Lipinski definition) is 1. The lowest BCUT2D eigenvalue weighted by atomic mass is 9.93. The second-order valence-corrected chi connectivity index (χ2v) is 13.5. The smallest absolute Gasteiger partial charge is 0.410 e.